The van der Waals surface area contributed by atoms with Crippen molar-refractivity contribution in [3.8, 4) is 0 Å². The Kier molecular flexibility index (Phi) is 5.40. The molecule has 0 atom stereocenters. The number of nitrogens with zero attached hydrogens (tertiary/aromatic N) is 1. The predicted octanol–water partition coefficient (Wildman–Crippen LogP) is 7.23. The Hall–Kier alpha value is -2.33. The van der Waals surface area contributed by atoms with E-state index in [4.69, 9.17) is 23.2 Å². The molecule has 28 heavy (non-hydrogen) atoms. The Morgan fingerprint density at radius 1 is 0.857 bits per heavy atom. The van der Waals surface area contributed by atoms with Crippen LogP contribution in [0.1, 0.15) is 11.1 Å². The largest absolute Gasteiger partial charge is 0.275 e. The van der Waals surface area contributed by atoms with E-state index in [2.05, 4.69) is 15.9 Å². The third kappa shape index (κ3) is 3.66. The topological polar surface area (TPSA) is 20.3 Å². The number of rotatable bonds is 3. The van der Waals surface area contributed by atoms with Crippen molar-refractivity contribution in [2.45, 2.75) is 0 Å². The van der Waals surface area contributed by atoms with Crippen LogP contribution in [0, 0.1) is 0 Å². The van der Waals surface area contributed by atoms with Gasteiger partial charge in [-0.3, -0.25) is 9.69 Å². The zero-order chi connectivity index (χ0) is 19.7. The zero-order valence-corrected chi connectivity index (χ0v) is 17.7. The fourth-order valence-electron chi connectivity index (χ4n) is 3.08. The summed E-state index contributed by atoms with van der Waals surface area (Å²) in [5.74, 6) is -0.147. The third-order valence-electron chi connectivity index (χ3n) is 4.42. The van der Waals surface area contributed by atoms with Gasteiger partial charge in [-0.05, 0) is 47.5 Å². The molecule has 0 N–H and O–H groups in total. The Balaban J connectivity index is 1.85. The first-order valence-corrected chi connectivity index (χ1v) is 10.1. The van der Waals surface area contributed by atoms with E-state index >= 15 is 0 Å². The van der Waals surface area contributed by atoms with Crippen LogP contribution in [0.4, 0.5) is 5.69 Å². The molecule has 0 saturated carbocycles. The number of hydrogen-bond donors (Lipinski definition) is 0. The van der Waals surface area contributed by atoms with E-state index in [0.717, 1.165) is 21.3 Å². The standard InChI is InChI=1S/C23H14BrCl2NO/c24-18-11-9-15(10-12-18)13-17-14-21(16-5-2-1-3-6-16)27(23(17)28)20-8-4-7-19(25)22(20)26/h1-14H/b17-13+. The highest BCUT2D eigenvalue weighted by molar-refractivity contribution is 9.10. The Morgan fingerprint density at radius 3 is 2.29 bits per heavy atom. The van der Waals surface area contributed by atoms with Crippen LogP contribution < -0.4 is 4.90 Å². The molecule has 2 nitrogen and oxygen atoms in total. The van der Waals surface area contributed by atoms with E-state index in [0.29, 0.717) is 21.3 Å². The number of carbonyl (C=O) groups is 1. The minimum absolute atomic E-state index is 0.147. The first-order valence-electron chi connectivity index (χ1n) is 8.57. The van der Waals surface area contributed by atoms with Gasteiger partial charge in [-0.2, -0.15) is 0 Å². The van der Waals surface area contributed by atoms with Crippen LogP contribution in [-0.4, -0.2) is 5.91 Å². The maximum Gasteiger partial charge on any atom is 0.262 e. The summed E-state index contributed by atoms with van der Waals surface area (Å²) < 4.78 is 0.986. The second-order valence-electron chi connectivity index (χ2n) is 6.26. The monoisotopic (exact) mass is 469 g/mol. The van der Waals surface area contributed by atoms with Crippen molar-refractivity contribution < 1.29 is 4.79 Å². The summed E-state index contributed by atoms with van der Waals surface area (Å²) in [5.41, 5.74) is 3.77. The molecular weight excluding hydrogens is 457 g/mol. The van der Waals surface area contributed by atoms with Gasteiger partial charge in [0, 0.05) is 10.0 Å². The van der Waals surface area contributed by atoms with Crippen LogP contribution >= 0.6 is 39.1 Å². The second-order valence-corrected chi connectivity index (χ2v) is 7.96. The molecule has 1 aliphatic rings. The first-order chi connectivity index (χ1) is 13.5. The lowest BCUT2D eigenvalue weighted by Gasteiger charge is -2.22. The molecule has 5 heteroatoms. The molecule has 0 aliphatic carbocycles. The van der Waals surface area contributed by atoms with Crippen molar-refractivity contribution in [3.63, 3.8) is 0 Å². The molecular formula is C23H14BrCl2NO. The predicted molar refractivity (Wildman–Crippen MR) is 120 cm³/mol. The highest BCUT2D eigenvalue weighted by Gasteiger charge is 2.32. The van der Waals surface area contributed by atoms with E-state index in [1.54, 1.807) is 23.1 Å². The number of anilines is 1. The quantitative estimate of drug-likeness (QED) is 0.370. The summed E-state index contributed by atoms with van der Waals surface area (Å²) >= 11 is 16.1. The van der Waals surface area contributed by atoms with Crippen LogP contribution in [0.2, 0.25) is 10.0 Å². The maximum absolute atomic E-state index is 13.3. The fraction of sp³-hybridized carbons (Fsp3) is 0. The van der Waals surface area contributed by atoms with Crippen LogP contribution in [0.15, 0.2) is 88.9 Å². The molecule has 0 bridgehead atoms. The molecule has 138 valence electrons. The van der Waals surface area contributed by atoms with Gasteiger partial charge in [0.15, 0.2) is 0 Å². The minimum atomic E-state index is -0.147. The van der Waals surface area contributed by atoms with E-state index < -0.39 is 0 Å². The van der Waals surface area contributed by atoms with Crippen LogP contribution in [0.5, 0.6) is 0 Å². The van der Waals surface area contributed by atoms with Gasteiger partial charge in [-0.1, -0.05) is 87.7 Å². The molecule has 0 radical (unpaired) electrons. The number of benzene rings is 3. The highest BCUT2D eigenvalue weighted by Crippen LogP contribution is 2.41. The lowest BCUT2D eigenvalue weighted by molar-refractivity contribution is -0.113. The fourth-order valence-corrected chi connectivity index (χ4v) is 3.72. The summed E-state index contributed by atoms with van der Waals surface area (Å²) in [6.07, 6.45) is 3.76. The number of hydrogen-bond acceptors (Lipinski definition) is 1. The summed E-state index contributed by atoms with van der Waals surface area (Å²) in [6.45, 7) is 0. The van der Waals surface area contributed by atoms with E-state index in [9.17, 15) is 4.79 Å². The highest BCUT2D eigenvalue weighted by atomic mass is 79.9. The van der Waals surface area contributed by atoms with Crippen LogP contribution in [0.3, 0.4) is 0 Å². The molecule has 4 rings (SSSR count). The number of carbonyl (C=O) groups excluding carboxylic acids is 1. The Bertz CT molecular complexity index is 1110. The molecule has 0 spiro atoms. The Morgan fingerprint density at radius 2 is 1.57 bits per heavy atom. The van der Waals surface area contributed by atoms with Gasteiger partial charge in [0.1, 0.15) is 0 Å². The van der Waals surface area contributed by atoms with Gasteiger partial charge >= 0.3 is 0 Å². The molecule has 1 amide bonds. The number of amides is 1. The van der Waals surface area contributed by atoms with Gasteiger partial charge in [-0.25, -0.2) is 0 Å². The summed E-state index contributed by atoms with van der Waals surface area (Å²) in [4.78, 5) is 14.9. The normalized spacial score (nSPS) is 15.2. The van der Waals surface area contributed by atoms with Gasteiger partial charge in [0.2, 0.25) is 0 Å². The van der Waals surface area contributed by atoms with Crippen molar-refractivity contribution in [3.05, 3.63) is 110 Å². The minimum Gasteiger partial charge on any atom is -0.275 e. The van der Waals surface area contributed by atoms with Gasteiger partial charge < -0.3 is 0 Å². The summed E-state index contributed by atoms with van der Waals surface area (Å²) in [7, 11) is 0. The molecule has 0 aromatic heterocycles. The zero-order valence-electron chi connectivity index (χ0n) is 14.6. The van der Waals surface area contributed by atoms with Crippen molar-refractivity contribution in [2.75, 3.05) is 4.90 Å². The Labute approximate surface area is 181 Å². The SMILES string of the molecule is O=C1/C(=C/c2ccc(Br)cc2)C=C(c2ccccc2)N1c1cccc(Cl)c1Cl. The number of halogens is 3. The van der Waals surface area contributed by atoms with E-state index in [1.807, 2.05) is 66.7 Å². The molecule has 0 unspecified atom stereocenters. The lowest BCUT2D eigenvalue weighted by Crippen LogP contribution is -2.25. The average molecular weight is 471 g/mol. The molecule has 1 heterocycles. The average Bonchev–Trinajstić information content (AvgIpc) is 3.03. The van der Waals surface area contributed by atoms with Crippen molar-refractivity contribution in [2.24, 2.45) is 0 Å². The van der Waals surface area contributed by atoms with Gasteiger partial charge in [0.25, 0.3) is 5.91 Å². The van der Waals surface area contributed by atoms with Crippen LogP contribution in [0.25, 0.3) is 11.8 Å². The molecule has 1 aliphatic heterocycles. The van der Waals surface area contributed by atoms with Crippen molar-refractivity contribution >= 4 is 62.5 Å². The van der Waals surface area contributed by atoms with E-state index in [-0.39, 0.29) is 5.91 Å². The third-order valence-corrected chi connectivity index (χ3v) is 5.75. The van der Waals surface area contributed by atoms with Crippen LogP contribution in [-0.2, 0) is 4.79 Å². The van der Waals surface area contributed by atoms with Gasteiger partial charge in [-0.15, -0.1) is 0 Å². The van der Waals surface area contributed by atoms with Crippen molar-refractivity contribution in [1.29, 1.82) is 0 Å². The summed E-state index contributed by atoms with van der Waals surface area (Å²) in [5, 5.41) is 0.758. The molecule has 3 aromatic carbocycles. The molecule has 0 fully saturated rings. The first kappa shape index (κ1) is 19.0. The van der Waals surface area contributed by atoms with Gasteiger partial charge in [0.05, 0.1) is 21.4 Å². The van der Waals surface area contributed by atoms with Crippen molar-refractivity contribution in [1.82, 2.24) is 0 Å². The smallest absolute Gasteiger partial charge is 0.262 e. The lowest BCUT2D eigenvalue weighted by atomic mass is 10.1. The van der Waals surface area contributed by atoms with E-state index in [1.165, 1.54) is 0 Å². The maximum atomic E-state index is 13.3. The molecule has 3 aromatic rings. The summed E-state index contributed by atoms with van der Waals surface area (Å²) in [6, 6.07) is 22.8. The molecule has 0 saturated heterocycles. The second kappa shape index (κ2) is 7.96.